The maximum Gasteiger partial charge on any atom is 0.243 e. The molecule has 2 aromatic carbocycles. The third-order valence-electron chi connectivity index (χ3n) is 6.74. The van der Waals surface area contributed by atoms with Crippen molar-refractivity contribution in [2.75, 3.05) is 20.1 Å². The van der Waals surface area contributed by atoms with E-state index in [0.29, 0.717) is 37.4 Å². The summed E-state index contributed by atoms with van der Waals surface area (Å²) in [6.07, 6.45) is 5.25. The van der Waals surface area contributed by atoms with Crippen LogP contribution in [0, 0.1) is 5.92 Å². The summed E-state index contributed by atoms with van der Waals surface area (Å²) < 4.78 is 27.8. The van der Waals surface area contributed by atoms with Crippen LogP contribution in [0.4, 0.5) is 0 Å². The molecule has 0 spiro atoms. The molecule has 2 aromatic rings. The molecular formula is C25H32N2O3S. The molecule has 5 nitrogen and oxygen atoms in total. The average molecular weight is 441 g/mol. The molecule has 1 saturated heterocycles. The zero-order valence-electron chi connectivity index (χ0n) is 18.5. The van der Waals surface area contributed by atoms with Crippen LogP contribution in [-0.2, 0) is 40.6 Å². The fraction of sp³-hybridized carbons (Fsp3) is 0.480. The summed E-state index contributed by atoms with van der Waals surface area (Å²) in [7, 11) is -1.66. The van der Waals surface area contributed by atoms with Gasteiger partial charge in [-0.05, 0) is 72.9 Å². The monoisotopic (exact) mass is 440 g/mol. The van der Waals surface area contributed by atoms with Gasteiger partial charge in [-0.1, -0.05) is 37.3 Å². The first-order chi connectivity index (χ1) is 14.9. The van der Waals surface area contributed by atoms with Gasteiger partial charge in [0.2, 0.25) is 15.9 Å². The molecule has 2 aliphatic rings. The first-order valence-corrected chi connectivity index (χ1v) is 12.8. The summed E-state index contributed by atoms with van der Waals surface area (Å²) in [6.45, 7) is 3.50. The predicted octanol–water partition coefficient (Wildman–Crippen LogP) is 3.80. The molecular weight excluding hydrogens is 408 g/mol. The van der Waals surface area contributed by atoms with Gasteiger partial charge in [-0.2, -0.15) is 4.31 Å². The molecule has 4 rings (SSSR count). The van der Waals surface area contributed by atoms with Crippen LogP contribution < -0.4 is 0 Å². The smallest absolute Gasteiger partial charge is 0.243 e. The van der Waals surface area contributed by atoms with Crippen molar-refractivity contribution >= 4 is 15.9 Å². The van der Waals surface area contributed by atoms with Crippen molar-refractivity contribution < 1.29 is 13.2 Å². The molecule has 1 aliphatic carbocycles. The number of piperidine rings is 1. The maximum absolute atomic E-state index is 13.1. The summed E-state index contributed by atoms with van der Waals surface area (Å²) in [5, 5.41) is 0. The van der Waals surface area contributed by atoms with Crippen LogP contribution in [0.15, 0.2) is 47.4 Å². The predicted molar refractivity (Wildman–Crippen MR) is 122 cm³/mol. The Morgan fingerprint density at radius 3 is 2.32 bits per heavy atom. The molecule has 1 amide bonds. The number of carbonyl (C=O) groups excluding carboxylic acids is 1. The third-order valence-corrected chi connectivity index (χ3v) is 8.63. The lowest BCUT2D eigenvalue weighted by Crippen LogP contribution is -2.43. The first-order valence-electron chi connectivity index (χ1n) is 11.3. The zero-order chi connectivity index (χ0) is 22.0. The van der Waals surface area contributed by atoms with Gasteiger partial charge in [0.15, 0.2) is 0 Å². The second-order valence-corrected chi connectivity index (χ2v) is 10.8. The number of nitrogens with zero attached hydrogens (tertiary/aromatic N) is 2. The third kappa shape index (κ3) is 4.70. The van der Waals surface area contributed by atoms with E-state index in [1.165, 1.54) is 16.7 Å². The molecule has 1 aliphatic heterocycles. The molecule has 6 heteroatoms. The van der Waals surface area contributed by atoms with Gasteiger partial charge < -0.3 is 4.90 Å². The topological polar surface area (TPSA) is 57.7 Å². The molecule has 0 aromatic heterocycles. The second-order valence-electron chi connectivity index (χ2n) is 8.83. The van der Waals surface area contributed by atoms with E-state index in [9.17, 15) is 13.2 Å². The lowest BCUT2D eigenvalue weighted by Gasteiger charge is -2.32. The van der Waals surface area contributed by atoms with Crippen LogP contribution >= 0.6 is 0 Å². The van der Waals surface area contributed by atoms with E-state index in [4.69, 9.17) is 0 Å². The van der Waals surface area contributed by atoms with E-state index < -0.39 is 10.0 Å². The molecule has 0 unspecified atom stereocenters. The Morgan fingerprint density at radius 2 is 1.65 bits per heavy atom. The Hall–Kier alpha value is -2.18. The van der Waals surface area contributed by atoms with Crippen LogP contribution in [0.2, 0.25) is 0 Å². The lowest BCUT2D eigenvalue weighted by atomic mass is 9.96. The van der Waals surface area contributed by atoms with Gasteiger partial charge in [0.1, 0.15) is 0 Å². The van der Waals surface area contributed by atoms with Crippen LogP contribution in [-0.4, -0.2) is 43.7 Å². The summed E-state index contributed by atoms with van der Waals surface area (Å²) in [6, 6.07) is 13.9. The summed E-state index contributed by atoms with van der Waals surface area (Å²) in [5.74, 6) is -0.0134. The Bertz CT molecular complexity index is 1040. The standard InChI is InChI=1S/C25H32N2O3S/c1-3-19-7-9-20(10-8-19)18-26(2)25(28)22-13-15-27(16-14-22)31(29,30)24-12-11-21-5-4-6-23(21)17-24/h7-12,17,22H,3-6,13-16,18H2,1-2H3. The molecule has 1 fully saturated rings. The number of amides is 1. The molecule has 0 N–H and O–H groups in total. The van der Waals surface area contributed by atoms with E-state index in [1.54, 1.807) is 15.3 Å². The highest BCUT2D eigenvalue weighted by Gasteiger charge is 2.33. The van der Waals surface area contributed by atoms with Gasteiger partial charge >= 0.3 is 0 Å². The van der Waals surface area contributed by atoms with Crippen molar-refractivity contribution in [3.8, 4) is 0 Å². The summed E-state index contributed by atoms with van der Waals surface area (Å²) in [5.41, 5.74) is 4.84. The van der Waals surface area contributed by atoms with Crippen LogP contribution in [0.25, 0.3) is 0 Å². The van der Waals surface area contributed by atoms with Crippen molar-refractivity contribution in [1.82, 2.24) is 9.21 Å². The van der Waals surface area contributed by atoms with Gasteiger partial charge in [0.25, 0.3) is 0 Å². The van der Waals surface area contributed by atoms with E-state index in [0.717, 1.165) is 31.2 Å². The summed E-state index contributed by atoms with van der Waals surface area (Å²) in [4.78, 5) is 15.1. The molecule has 0 atom stereocenters. The maximum atomic E-state index is 13.1. The average Bonchev–Trinajstić information content (AvgIpc) is 3.27. The molecule has 1 heterocycles. The minimum Gasteiger partial charge on any atom is -0.341 e. The van der Waals surface area contributed by atoms with E-state index >= 15 is 0 Å². The number of sulfonamides is 1. The van der Waals surface area contributed by atoms with Gasteiger partial charge in [-0.25, -0.2) is 8.42 Å². The minimum atomic E-state index is -3.50. The Labute approximate surface area is 186 Å². The second kappa shape index (κ2) is 9.13. The van der Waals surface area contributed by atoms with Crippen LogP contribution in [0.1, 0.15) is 48.4 Å². The van der Waals surface area contributed by atoms with Crippen molar-refractivity contribution in [2.45, 2.75) is 56.9 Å². The Balaban J connectivity index is 1.35. The van der Waals surface area contributed by atoms with E-state index in [2.05, 4.69) is 31.2 Å². The van der Waals surface area contributed by atoms with Crippen LogP contribution in [0.3, 0.4) is 0 Å². The summed E-state index contributed by atoms with van der Waals surface area (Å²) >= 11 is 0. The number of carbonyl (C=O) groups is 1. The molecule has 166 valence electrons. The number of hydrogen-bond donors (Lipinski definition) is 0. The quantitative estimate of drug-likeness (QED) is 0.687. The van der Waals surface area contributed by atoms with Gasteiger partial charge in [0.05, 0.1) is 4.90 Å². The fourth-order valence-corrected chi connectivity index (χ4v) is 6.27. The number of fused-ring (bicyclic) bond motifs is 1. The van der Waals surface area contributed by atoms with Crippen LogP contribution in [0.5, 0.6) is 0 Å². The molecule has 0 bridgehead atoms. The number of aryl methyl sites for hydroxylation is 3. The molecule has 0 radical (unpaired) electrons. The fourth-order valence-electron chi connectivity index (χ4n) is 4.74. The van der Waals surface area contributed by atoms with Gasteiger partial charge in [-0.3, -0.25) is 4.79 Å². The highest BCUT2D eigenvalue weighted by atomic mass is 32.2. The van der Waals surface area contributed by atoms with Gasteiger partial charge in [0, 0.05) is 32.6 Å². The normalized spacial score (nSPS) is 17.5. The first kappa shape index (κ1) is 22.0. The molecule has 0 saturated carbocycles. The van der Waals surface area contributed by atoms with Crippen molar-refractivity contribution in [1.29, 1.82) is 0 Å². The van der Waals surface area contributed by atoms with Crippen molar-refractivity contribution in [3.63, 3.8) is 0 Å². The number of benzene rings is 2. The van der Waals surface area contributed by atoms with E-state index in [-0.39, 0.29) is 11.8 Å². The van der Waals surface area contributed by atoms with E-state index in [1.807, 2.05) is 19.2 Å². The zero-order valence-corrected chi connectivity index (χ0v) is 19.3. The van der Waals surface area contributed by atoms with Crippen molar-refractivity contribution in [3.05, 3.63) is 64.7 Å². The largest absolute Gasteiger partial charge is 0.341 e. The Morgan fingerprint density at radius 1 is 1.00 bits per heavy atom. The molecule has 31 heavy (non-hydrogen) atoms. The lowest BCUT2D eigenvalue weighted by molar-refractivity contribution is -0.135. The minimum absolute atomic E-state index is 0.106. The Kier molecular flexibility index (Phi) is 6.49. The highest BCUT2D eigenvalue weighted by molar-refractivity contribution is 7.89. The number of rotatable bonds is 6. The van der Waals surface area contributed by atoms with Crippen molar-refractivity contribution in [2.24, 2.45) is 5.92 Å². The highest BCUT2D eigenvalue weighted by Crippen LogP contribution is 2.29. The SMILES string of the molecule is CCc1ccc(CN(C)C(=O)C2CCN(S(=O)(=O)c3ccc4c(c3)CCC4)CC2)cc1. The van der Waals surface area contributed by atoms with Gasteiger partial charge in [-0.15, -0.1) is 0 Å². The number of hydrogen-bond acceptors (Lipinski definition) is 3.